The van der Waals surface area contributed by atoms with Crippen molar-refractivity contribution < 1.29 is 10.2 Å². The van der Waals surface area contributed by atoms with Crippen LogP contribution in [0.25, 0.3) is 0 Å². The van der Waals surface area contributed by atoms with Crippen LogP contribution in [0.4, 0.5) is 0 Å². The highest BCUT2D eigenvalue weighted by molar-refractivity contribution is 7.80. The van der Waals surface area contributed by atoms with E-state index in [2.05, 4.69) is 12.6 Å². The van der Waals surface area contributed by atoms with Crippen molar-refractivity contribution in [3.05, 3.63) is 34.9 Å². The van der Waals surface area contributed by atoms with Gasteiger partial charge in [0.05, 0.1) is 6.10 Å². The smallest absolute Gasteiger partial charge is 0.105 e. The summed E-state index contributed by atoms with van der Waals surface area (Å²) in [4.78, 5) is 0. The average Bonchev–Trinajstić information content (AvgIpc) is 2.19. The molecule has 1 aliphatic rings. The predicted octanol–water partition coefficient (Wildman–Crippen LogP) is 1.50. The molecule has 2 nitrogen and oxygen atoms in total. The van der Waals surface area contributed by atoms with Gasteiger partial charge in [-0.25, -0.2) is 0 Å². The van der Waals surface area contributed by atoms with Gasteiger partial charge in [-0.05, 0) is 41.7 Å². The maximum atomic E-state index is 9.88. The zero-order valence-electron chi connectivity index (χ0n) is 8.56. The van der Waals surface area contributed by atoms with Crippen LogP contribution in [0, 0.1) is 0 Å². The lowest BCUT2D eigenvalue weighted by Crippen LogP contribution is -2.20. The molecule has 0 radical (unpaired) electrons. The van der Waals surface area contributed by atoms with Crippen LogP contribution in [-0.2, 0) is 12.8 Å². The topological polar surface area (TPSA) is 40.5 Å². The van der Waals surface area contributed by atoms with Crippen molar-refractivity contribution in [3.8, 4) is 0 Å². The number of aryl methyl sites for hydroxylation is 2. The largest absolute Gasteiger partial charge is 0.390 e. The summed E-state index contributed by atoms with van der Waals surface area (Å²) < 4.78 is 0. The molecule has 2 unspecified atom stereocenters. The Labute approximate surface area is 95.4 Å². The highest BCUT2D eigenvalue weighted by Crippen LogP contribution is 2.28. The molecule has 2 N–H and O–H groups in total. The lowest BCUT2D eigenvalue weighted by atomic mass is 9.86. The van der Waals surface area contributed by atoms with Gasteiger partial charge in [0.1, 0.15) is 6.10 Å². The molecule has 0 aliphatic heterocycles. The highest BCUT2D eigenvalue weighted by atomic mass is 32.1. The number of hydrogen-bond donors (Lipinski definition) is 3. The molecule has 0 amide bonds. The third kappa shape index (κ3) is 2.19. The number of benzene rings is 1. The molecule has 0 spiro atoms. The molecule has 0 saturated heterocycles. The van der Waals surface area contributed by atoms with Gasteiger partial charge in [-0.2, -0.15) is 12.6 Å². The fraction of sp³-hybridized carbons (Fsp3) is 0.500. The van der Waals surface area contributed by atoms with E-state index in [0.717, 1.165) is 18.4 Å². The molecule has 0 bridgehead atoms. The minimum atomic E-state index is -0.775. The first kappa shape index (κ1) is 11.0. The minimum absolute atomic E-state index is 0.515. The first-order chi connectivity index (χ1) is 7.22. The van der Waals surface area contributed by atoms with Crippen LogP contribution in [0.3, 0.4) is 0 Å². The molecule has 2 atom stereocenters. The summed E-state index contributed by atoms with van der Waals surface area (Å²) >= 11 is 4.04. The molecule has 15 heavy (non-hydrogen) atoms. The minimum Gasteiger partial charge on any atom is -0.390 e. The first-order valence-electron chi connectivity index (χ1n) is 5.31. The van der Waals surface area contributed by atoms with E-state index < -0.39 is 12.2 Å². The maximum absolute atomic E-state index is 9.88. The summed E-state index contributed by atoms with van der Waals surface area (Å²) in [6.45, 7) is 0. The number of aliphatic hydroxyl groups is 2. The van der Waals surface area contributed by atoms with Crippen LogP contribution >= 0.6 is 12.6 Å². The fourth-order valence-electron chi connectivity index (χ4n) is 1.91. The second-order valence-electron chi connectivity index (χ2n) is 4.05. The van der Waals surface area contributed by atoms with E-state index in [-0.39, 0.29) is 0 Å². The first-order valence-corrected chi connectivity index (χ1v) is 5.94. The summed E-state index contributed by atoms with van der Waals surface area (Å²) in [7, 11) is 0. The Bertz CT molecular complexity index is 351. The molecule has 82 valence electrons. The van der Waals surface area contributed by atoms with Crippen LogP contribution in [-0.4, -0.2) is 22.1 Å². The van der Waals surface area contributed by atoms with Crippen molar-refractivity contribution in [1.29, 1.82) is 0 Å². The number of thiol groups is 1. The second-order valence-corrected chi connectivity index (χ2v) is 4.50. The normalized spacial score (nSPS) is 17.8. The van der Waals surface area contributed by atoms with E-state index in [9.17, 15) is 10.2 Å². The maximum Gasteiger partial charge on any atom is 0.105 e. The Hall–Kier alpha value is -0.510. The molecule has 2 rings (SSSR count). The molecule has 0 heterocycles. The van der Waals surface area contributed by atoms with Gasteiger partial charge >= 0.3 is 0 Å². The lowest BCUT2D eigenvalue weighted by Gasteiger charge is -2.23. The zero-order chi connectivity index (χ0) is 10.8. The molecule has 1 aliphatic carbocycles. The highest BCUT2D eigenvalue weighted by Gasteiger charge is 2.20. The Morgan fingerprint density at radius 3 is 2.47 bits per heavy atom. The number of hydrogen-bond acceptors (Lipinski definition) is 3. The predicted molar refractivity (Wildman–Crippen MR) is 63.3 cm³/mol. The van der Waals surface area contributed by atoms with Gasteiger partial charge in [0.25, 0.3) is 0 Å². The SMILES string of the molecule is OC(CCS)C(O)c1ccc2c(c1)CC2. The molecule has 0 aromatic heterocycles. The van der Waals surface area contributed by atoms with Crippen LogP contribution in [0.2, 0.25) is 0 Å². The molecular formula is C12H16O2S. The Balaban J connectivity index is 2.11. The number of aliphatic hydroxyl groups excluding tert-OH is 2. The van der Waals surface area contributed by atoms with Gasteiger partial charge < -0.3 is 10.2 Å². The van der Waals surface area contributed by atoms with E-state index in [1.54, 1.807) is 0 Å². The molecule has 0 fully saturated rings. The van der Waals surface area contributed by atoms with E-state index in [0.29, 0.717) is 12.2 Å². The third-order valence-corrected chi connectivity index (χ3v) is 3.28. The fourth-order valence-corrected chi connectivity index (χ4v) is 2.18. The Kier molecular flexibility index (Phi) is 3.34. The monoisotopic (exact) mass is 224 g/mol. The second kappa shape index (κ2) is 4.56. The number of rotatable bonds is 4. The van der Waals surface area contributed by atoms with Crippen LogP contribution < -0.4 is 0 Å². The van der Waals surface area contributed by atoms with Crippen molar-refractivity contribution in [1.82, 2.24) is 0 Å². The van der Waals surface area contributed by atoms with Gasteiger partial charge in [0.15, 0.2) is 0 Å². The molecular weight excluding hydrogens is 208 g/mol. The van der Waals surface area contributed by atoms with E-state index >= 15 is 0 Å². The molecule has 1 aromatic carbocycles. The molecule has 0 saturated carbocycles. The standard InChI is InChI=1S/C12H16O2S/c13-11(5-6-15)12(14)10-4-2-8-1-3-9(8)7-10/h2,4,7,11-15H,1,3,5-6H2. The summed E-state index contributed by atoms with van der Waals surface area (Å²) in [5.41, 5.74) is 3.50. The summed E-state index contributed by atoms with van der Waals surface area (Å²) in [6, 6.07) is 5.96. The Morgan fingerprint density at radius 2 is 1.93 bits per heavy atom. The summed E-state index contributed by atoms with van der Waals surface area (Å²) in [5.74, 6) is 0.586. The van der Waals surface area contributed by atoms with Gasteiger partial charge in [-0.1, -0.05) is 18.2 Å². The zero-order valence-corrected chi connectivity index (χ0v) is 9.45. The van der Waals surface area contributed by atoms with Crippen LogP contribution in [0.5, 0.6) is 0 Å². The van der Waals surface area contributed by atoms with E-state index in [1.807, 2.05) is 18.2 Å². The van der Waals surface area contributed by atoms with Crippen LogP contribution in [0.1, 0.15) is 29.2 Å². The van der Waals surface area contributed by atoms with Gasteiger partial charge in [0.2, 0.25) is 0 Å². The Morgan fingerprint density at radius 1 is 1.20 bits per heavy atom. The molecule has 1 aromatic rings. The van der Waals surface area contributed by atoms with Crippen molar-refractivity contribution in [2.45, 2.75) is 31.5 Å². The van der Waals surface area contributed by atoms with Gasteiger partial charge in [0, 0.05) is 0 Å². The van der Waals surface area contributed by atoms with Gasteiger partial charge in [-0.3, -0.25) is 0 Å². The summed E-state index contributed by atoms with van der Waals surface area (Å²) in [6.07, 6.45) is 1.27. The lowest BCUT2D eigenvalue weighted by molar-refractivity contribution is 0.0171. The van der Waals surface area contributed by atoms with E-state index in [1.165, 1.54) is 11.1 Å². The van der Waals surface area contributed by atoms with Crippen molar-refractivity contribution in [3.63, 3.8) is 0 Å². The number of fused-ring (bicyclic) bond motifs is 1. The third-order valence-electron chi connectivity index (χ3n) is 3.02. The van der Waals surface area contributed by atoms with Crippen molar-refractivity contribution >= 4 is 12.6 Å². The quantitative estimate of drug-likeness (QED) is 0.678. The molecule has 3 heteroatoms. The van der Waals surface area contributed by atoms with Crippen molar-refractivity contribution in [2.24, 2.45) is 0 Å². The summed E-state index contributed by atoms with van der Waals surface area (Å²) in [5, 5.41) is 19.5. The van der Waals surface area contributed by atoms with Gasteiger partial charge in [-0.15, -0.1) is 0 Å². The van der Waals surface area contributed by atoms with Crippen molar-refractivity contribution in [2.75, 3.05) is 5.75 Å². The van der Waals surface area contributed by atoms with E-state index in [4.69, 9.17) is 0 Å². The van der Waals surface area contributed by atoms with Crippen LogP contribution in [0.15, 0.2) is 18.2 Å². The average molecular weight is 224 g/mol.